The maximum atomic E-state index is 12.2. The summed E-state index contributed by atoms with van der Waals surface area (Å²) in [7, 11) is -4.07. The Kier molecular flexibility index (Phi) is 6.87. The Morgan fingerprint density at radius 3 is 2.54 bits per heavy atom. The molecule has 0 saturated carbocycles. The number of carbonyl (C=O) groups excluding carboxylic acids is 2. The highest BCUT2D eigenvalue weighted by Gasteiger charge is 2.20. The van der Waals surface area contributed by atoms with Crippen molar-refractivity contribution in [2.75, 3.05) is 18.5 Å². The van der Waals surface area contributed by atoms with Crippen LogP contribution in [0.15, 0.2) is 47.4 Å². The van der Waals surface area contributed by atoms with Crippen molar-refractivity contribution in [2.45, 2.75) is 18.7 Å². The van der Waals surface area contributed by atoms with Crippen molar-refractivity contribution in [3.63, 3.8) is 0 Å². The minimum atomic E-state index is -4.07. The van der Waals surface area contributed by atoms with Crippen molar-refractivity contribution < 1.29 is 22.7 Å². The van der Waals surface area contributed by atoms with Crippen LogP contribution in [-0.4, -0.2) is 33.4 Å². The summed E-state index contributed by atoms with van der Waals surface area (Å²) < 4.78 is 31.3. The molecule has 0 atom stereocenters. The molecule has 0 aliphatic rings. The number of carbonyl (C=O) groups is 2. The number of nitriles is 1. The molecule has 0 fully saturated rings. The van der Waals surface area contributed by atoms with Gasteiger partial charge in [0.1, 0.15) is 12.6 Å². The largest absolute Gasteiger partial charge is 0.455 e. The lowest BCUT2D eigenvalue weighted by Crippen LogP contribution is -2.32. The van der Waals surface area contributed by atoms with E-state index in [9.17, 15) is 18.0 Å². The molecule has 0 aliphatic carbocycles. The average Bonchev–Trinajstić information content (AvgIpc) is 2.68. The van der Waals surface area contributed by atoms with E-state index in [1.54, 1.807) is 18.2 Å². The van der Waals surface area contributed by atoms with Crippen LogP contribution in [0.25, 0.3) is 0 Å². The number of nitrogens with one attached hydrogen (secondary N) is 2. The monoisotopic (exact) mass is 401 g/mol. The normalized spacial score (nSPS) is 10.8. The van der Waals surface area contributed by atoms with E-state index in [2.05, 4.69) is 10.0 Å². The Bertz CT molecular complexity index is 1040. The van der Waals surface area contributed by atoms with Crippen molar-refractivity contribution in [1.82, 2.24) is 4.72 Å². The Balaban J connectivity index is 1.88. The van der Waals surface area contributed by atoms with Gasteiger partial charge in [0.15, 0.2) is 6.61 Å². The Morgan fingerprint density at radius 1 is 1.11 bits per heavy atom. The van der Waals surface area contributed by atoms with Crippen LogP contribution in [-0.2, 0) is 24.3 Å². The van der Waals surface area contributed by atoms with Gasteiger partial charge in [0.25, 0.3) is 5.91 Å². The molecule has 0 bridgehead atoms. The minimum absolute atomic E-state index is 0.0451. The molecule has 0 spiro atoms. The van der Waals surface area contributed by atoms with Gasteiger partial charge in [-0.05, 0) is 43.2 Å². The average molecular weight is 401 g/mol. The number of aryl methyl sites for hydroxylation is 1. The molecule has 2 rings (SSSR count). The Morgan fingerprint density at radius 2 is 1.82 bits per heavy atom. The van der Waals surface area contributed by atoms with Crippen LogP contribution in [0.2, 0.25) is 0 Å². The molecule has 28 heavy (non-hydrogen) atoms. The topological polar surface area (TPSA) is 125 Å². The van der Waals surface area contributed by atoms with Gasteiger partial charge in [0.2, 0.25) is 10.0 Å². The molecule has 2 aromatic carbocycles. The lowest BCUT2D eigenvalue weighted by molar-refractivity contribution is -0.146. The van der Waals surface area contributed by atoms with E-state index in [1.165, 1.54) is 24.3 Å². The molecule has 2 N–H and O–H groups in total. The van der Waals surface area contributed by atoms with E-state index >= 15 is 0 Å². The molecule has 9 heteroatoms. The summed E-state index contributed by atoms with van der Waals surface area (Å²) in [5, 5.41) is 11.6. The second kappa shape index (κ2) is 9.12. The lowest BCUT2D eigenvalue weighted by Gasteiger charge is -2.11. The van der Waals surface area contributed by atoms with Crippen LogP contribution in [0.5, 0.6) is 0 Å². The van der Waals surface area contributed by atoms with Crippen molar-refractivity contribution >= 4 is 27.6 Å². The number of amides is 1. The highest BCUT2D eigenvalue weighted by molar-refractivity contribution is 7.89. The van der Waals surface area contributed by atoms with Crippen molar-refractivity contribution in [3.05, 3.63) is 59.2 Å². The molecule has 1 amide bonds. The van der Waals surface area contributed by atoms with Crippen LogP contribution in [0.1, 0.15) is 16.7 Å². The molecule has 8 nitrogen and oxygen atoms in total. The predicted octanol–water partition coefficient (Wildman–Crippen LogP) is 1.64. The fraction of sp³-hybridized carbons (Fsp3) is 0.211. The quantitative estimate of drug-likeness (QED) is 0.680. The van der Waals surface area contributed by atoms with Crippen LogP contribution >= 0.6 is 0 Å². The fourth-order valence-electron chi connectivity index (χ4n) is 2.29. The molecule has 0 saturated heterocycles. The maximum absolute atomic E-state index is 12.2. The summed E-state index contributed by atoms with van der Waals surface area (Å²) in [4.78, 5) is 23.4. The van der Waals surface area contributed by atoms with Gasteiger partial charge < -0.3 is 10.1 Å². The van der Waals surface area contributed by atoms with E-state index in [0.717, 1.165) is 11.1 Å². The molecule has 0 radical (unpaired) electrons. The van der Waals surface area contributed by atoms with E-state index in [1.807, 2.05) is 19.9 Å². The predicted molar refractivity (Wildman–Crippen MR) is 102 cm³/mol. The van der Waals surface area contributed by atoms with Gasteiger partial charge in [-0.25, -0.2) is 8.42 Å². The first kappa shape index (κ1) is 21.1. The third-order valence-corrected chi connectivity index (χ3v) is 5.41. The van der Waals surface area contributed by atoms with E-state index in [4.69, 9.17) is 10.00 Å². The lowest BCUT2D eigenvalue weighted by atomic mass is 10.1. The molecule has 0 heterocycles. The minimum Gasteiger partial charge on any atom is -0.455 e. The van der Waals surface area contributed by atoms with Gasteiger partial charge >= 0.3 is 5.97 Å². The number of anilines is 1. The van der Waals surface area contributed by atoms with Crippen LogP contribution in [0, 0.1) is 25.2 Å². The summed E-state index contributed by atoms with van der Waals surface area (Å²) in [6.45, 7) is 2.54. The van der Waals surface area contributed by atoms with Crippen LogP contribution < -0.4 is 10.0 Å². The number of esters is 1. The van der Waals surface area contributed by atoms with Gasteiger partial charge in [-0.3, -0.25) is 9.59 Å². The summed E-state index contributed by atoms with van der Waals surface area (Å²) >= 11 is 0. The Labute approximate surface area is 163 Å². The zero-order chi connectivity index (χ0) is 20.7. The number of nitrogens with zero attached hydrogens (tertiary/aromatic N) is 1. The van der Waals surface area contributed by atoms with E-state index in [0.29, 0.717) is 5.69 Å². The molecule has 0 aromatic heterocycles. The summed E-state index contributed by atoms with van der Waals surface area (Å²) in [5.74, 6) is -1.46. The molecule has 0 aliphatic heterocycles. The second-order valence-electron chi connectivity index (χ2n) is 5.89. The number of hydrogen-bond acceptors (Lipinski definition) is 6. The number of sulfonamides is 1. The van der Waals surface area contributed by atoms with Gasteiger partial charge in [0.05, 0.1) is 10.5 Å². The smallest absolute Gasteiger partial charge is 0.321 e. The van der Waals surface area contributed by atoms with Gasteiger partial charge in [-0.15, -0.1) is 0 Å². The summed E-state index contributed by atoms with van der Waals surface area (Å²) in [5.41, 5.74) is 2.46. The molecule has 146 valence electrons. The molecule has 2 aromatic rings. The van der Waals surface area contributed by atoms with Gasteiger partial charge in [-0.1, -0.05) is 24.3 Å². The highest BCUT2D eigenvalue weighted by atomic mass is 32.2. The first-order valence-electron chi connectivity index (χ1n) is 8.25. The molecular formula is C19H19N3O5S. The second-order valence-corrected chi connectivity index (χ2v) is 7.62. The highest BCUT2D eigenvalue weighted by Crippen LogP contribution is 2.17. The van der Waals surface area contributed by atoms with E-state index in [-0.39, 0.29) is 10.5 Å². The number of ether oxygens (including phenoxy) is 1. The third-order valence-electron chi connectivity index (χ3n) is 3.95. The Hall–Kier alpha value is -3.22. The van der Waals surface area contributed by atoms with Crippen molar-refractivity contribution in [3.8, 4) is 6.07 Å². The number of rotatable bonds is 7. The van der Waals surface area contributed by atoms with Crippen molar-refractivity contribution in [2.24, 2.45) is 0 Å². The standard InChI is InChI=1S/C19H19N3O5S/c1-13-6-5-8-16(14(13)2)22-18(23)12-27-19(24)11-21-28(25,26)17-9-4-3-7-15(17)10-20/h3-9,21H,11-12H2,1-2H3,(H,22,23). The summed E-state index contributed by atoms with van der Waals surface area (Å²) in [6.07, 6.45) is 0. The number of benzene rings is 2. The third kappa shape index (κ3) is 5.39. The maximum Gasteiger partial charge on any atom is 0.321 e. The summed E-state index contributed by atoms with van der Waals surface area (Å²) in [6, 6.07) is 12.8. The van der Waals surface area contributed by atoms with Gasteiger partial charge in [0, 0.05) is 5.69 Å². The molecular weight excluding hydrogens is 382 g/mol. The van der Waals surface area contributed by atoms with Crippen molar-refractivity contribution in [1.29, 1.82) is 5.26 Å². The van der Waals surface area contributed by atoms with Gasteiger partial charge in [-0.2, -0.15) is 9.98 Å². The SMILES string of the molecule is Cc1cccc(NC(=O)COC(=O)CNS(=O)(=O)c2ccccc2C#N)c1C. The number of hydrogen-bond donors (Lipinski definition) is 2. The van der Waals surface area contributed by atoms with E-state index < -0.39 is 35.1 Å². The first-order valence-corrected chi connectivity index (χ1v) is 9.73. The zero-order valence-corrected chi connectivity index (χ0v) is 16.2. The molecule has 0 unspecified atom stereocenters. The van der Waals surface area contributed by atoms with Crippen LogP contribution in [0.3, 0.4) is 0 Å². The van der Waals surface area contributed by atoms with Crippen LogP contribution in [0.4, 0.5) is 5.69 Å². The fourth-order valence-corrected chi connectivity index (χ4v) is 3.42. The zero-order valence-electron chi connectivity index (χ0n) is 15.4. The first-order chi connectivity index (χ1) is 13.2.